The van der Waals surface area contributed by atoms with E-state index in [0.717, 1.165) is 31.0 Å². The fraction of sp³-hybridized carbons (Fsp3) is 0.211. The molecule has 0 atom stereocenters. The first-order chi connectivity index (χ1) is 14.0. The molecule has 29 heavy (non-hydrogen) atoms. The fourth-order valence-electron chi connectivity index (χ4n) is 2.82. The maximum absolute atomic E-state index is 13.7. The van der Waals surface area contributed by atoms with Crippen molar-refractivity contribution in [3.8, 4) is 11.5 Å². The molecule has 0 unspecified atom stereocenters. The maximum Gasteiger partial charge on any atom is 0.258 e. The SMILES string of the molecule is CCCc1noc(-c2ccn3c(CNC(=O)c4cc(F)ccc4F)nnc3c2)n1. The van der Waals surface area contributed by atoms with Gasteiger partial charge in [-0.25, -0.2) is 8.78 Å². The number of amides is 1. The average Bonchev–Trinajstić information content (AvgIpc) is 3.35. The lowest BCUT2D eigenvalue weighted by molar-refractivity contribution is 0.0945. The van der Waals surface area contributed by atoms with Crippen molar-refractivity contribution in [1.82, 2.24) is 30.1 Å². The van der Waals surface area contributed by atoms with Crippen LogP contribution in [0.2, 0.25) is 0 Å². The standard InChI is InChI=1S/C19H16F2N6O2/c1-2-3-15-23-19(29-26-15)11-6-7-27-16(8-11)24-25-17(27)10-22-18(28)13-9-12(20)4-5-14(13)21/h4-9H,2-3,10H2,1H3,(H,22,28). The second-order valence-electron chi connectivity index (χ2n) is 6.33. The number of nitrogens with one attached hydrogen (secondary N) is 1. The first-order valence-corrected chi connectivity index (χ1v) is 8.95. The van der Waals surface area contributed by atoms with Crippen LogP contribution in [0.5, 0.6) is 0 Å². The van der Waals surface area contributed by atoms with Crippen LogP contribution in [0.1, 0.15) is 35.4 Å². The van der Waals surface area contributed by atoms with Crippen molar-refractivity contribution in [2.75, 3.05) is 0 Å². The van der Waals surface area contributed by atoms with Crippen molar-refractivity contribution in [2.45, 2.75) is 26.3 Å². The summed E-state index contributed by atoms with van der Waals surface area (Å²) in [4.78, 5) is 16.5. The van der Waals surface area contributed by atoms with E-state index in [0.29, 0.717) is 28.8 Å². The Bertz CT molecular complexity index is 1190. The highest BCUT2D eigenvalue weighted by Crippen LogP contribution is 2.19. The molecule has 1 N–H and O–H groups in total. The van der Waals surface area contributed by atoms with Crippen molar-refractivity contribution < 1.29 is 18.1 Å². The molecule has 1 aromatic carbocycles. The van der Waals surface area contributed by atoms with E-state index in [-0.39, 0.29) is 12.1 Å². The van der Waals surface area contributed by atoms with Crippen LogP contribution in [-0.4, -0.2) is 30.6 Å². The quantitative estimate of drug-likeness (QED) is 0.536. The van der Waals surface area contributed by atoms with Gasteiger partial charge in [0, 0.05) is 18.2 Å². The number of pyridine rings is 1. The number of carbonyl (C=O) groups is 1. The molecule has 0 saturated heterocycles. The lowest BCUT2D eigenvalue weighted by Gasteiger charge is -2.05. The normalized spacial score (nSPS) is 11.1. The van der Waals surface area contributed by atoms with Crippen molar-refractivity contribution >= 4 is 11.6 Å². The summed E-state index contributed by atoms with van der Waals surface area (Å²) >= 11 is 0. The van der Waals surface area contributed by atoms with E-state index in [1.54, 1.807) is 22.7 Å². The van der Waals surface area contributed by atoms with Gasteiger partial charge in [0.2, 0.25) is 0 Å². The summed E-state index contributed by atoms with van der Waals surface area (Å²) in [6.07, 6.45) is 3.35. The van der Waals surface area contributed by atoms with Crippen molar-refractivity contribution in [3.05, 3.63) is 65.4 Å². The van der Waals surface area contributed by atoms with Crippen LogP contribution in [0, 0.1) is 11.6 Å². The van der Waals surface area contributed by atoms with Gasteiger partial charge >= 0.3 is 0 Å². The number of rotatable bonds is 6. The second-order valence-corrected chi connectivity index (χ2v) is 6.33. The molecule has 0 aliphatic heterocycles. The fourth-order valence-corrected chi connectivity index (χ4v) is 2.82. The monoisotopic (exact) mass is 398 g/mol. The average molecular weight is 398 g/mol. The highest BCUT2D eigenvalue weighted by Gasteiger charge is 2.15. The van der Waals surface area contributed by atoms with Crippen LogP contribution in [0.15, 0.2) is 41.1 Å². The van der Waals surface area contributed by atoms with Gasteiger partial charge in [-0.3, -0.25) is 9.20 Å². The molecule has 3 heterocycles. The molecule has 0 radical (unpaired) electrons. The summed E-state index contributed by atoms with van der Waals surface area (Å²) in [6.45, 7) is 2.01. The zero-order valence-electron chi connectivity index (χ0n) is 15.4. The van der Waals surface area contributed by atoms with Crippen molar-refractivity contribution in [1.29, 1.82) is 0 Å². The molecular weight excluding hydrogens is 382 g/mol. The summed E-state index contributed by atoms with van der Waals surface area (Å²) in [5, 5.41) is 14.5. The molecule has 4 aromatic rings. The highest BCUT2D eigenvalue weighted by atomic mass is 19.1. The third-order valence-corrected chi connectivity index (χ3v) is 4.25. The van der Waals surface area contributed by atoms with Gasteiger partial charge in [0.15, 0.2) is 17.3 Å². The van der Waals surface area contributed by atoms with E-state index in [1.807, 2.05) is 6.92 Å². The first-order valence-electron chi connectivity index (χ1n) is 8.95. The Morgan fingerprint density at radius 2 is 2.07 bits per heavy atom. The summed E-state index contributed by atoms with van der Waals surface area (Å²) in [5.74, 6) is -0.799. The maximum atomic E-state index is 13.7. The van der Waals surface area contributed by atoms with Gasteiger partial charge in [-0.1, -0.05) is 12.1 Å². The Morgan fingerprint density at radius 3 is 2.90 bits per heavy atom. The van der Waals surface area contributed by atoms with Gasteiger partial charge in [-0.15, -0.1) is 10.2 Å². The number of halogens is 2. The zero-order chi connectivity index (χ0) is 20.4. The molecular formula is C19H16F2N6O2. The number of hydrogen-bond donors (Lipinski definition) is 1. The molecule has 4 rings (SSSR count). The minimum atomic E-state index is -0.804. The van der Waals surface area contributed by atoms with E-state index >= 15 is 0 Å². The third kappa shape index (κ3) is 3.82. The van der Waals surface area contributed by atoms with Crippen LogP contribution in [0.25, 0.3) is 17.1 Å². The predicted octanol–water partition coefficient (Wildman–Crippen LogP) is 2.94. The summed E-state index contributed by atoms with van der Waals surface area (Å²) < 4.78 is 33.9. The topological polar surface area (TPSA) is 98.2 Å². The molecule has 0 aliphatic carbocycles. The molecule has 3 aromatic heterocycles. The van der Waals surface area contributed by atoms with E-state index in [9.17, 15) is 13.6 Å². The number of benzene rings is 1. The van der Waals surface area contributed by atoms with Crippen LogP contribution >= 0.6 is 0 Å². The number of nitrogens with zero attached hydrogens (tertiary/aromatic N) is 5. The van der Waals surface area contributed by atoms with Crippen LogP contribution in [0.4, 0.5) is 8.78 Å². The van der Waals surface area contributed by atoms with Gasteiger partial charge in [-0.05, 0) is 36.8 Å². The third-order valence-electron chi connectivity index (χ3n) is 4.25. The van der Waals surface area contributed by atoms with Crippen LogP contribution in [-0.2, 0) is 13.0 Å². The minimum Gasteiger partial charge on any atom is -0.345 e. The van der Waals surface area contributed by atoms with Gasteiger partial charge in [0.1, 0.15) is 11.6 Å². The molecule has 148 valence electrons. The highest BCUT2D eigenvalue weighted by molar-refractivity contribution is 5.94. The number of carbonyl (C=O) groups excluding carboxylic acids is 1. The van der Waals surface area contributed by atoms with Gasteiger partial charge in [0.05, 0.1) is 12.1 Å². The molecule has 1 amide bonds. The van der Waals surface area contributed by atoms with E-state index in [1.165, 1.54) is 0 Å². The number of hydrogen-bond acceptors (Lipinski definition) is 6. The van der Waals surface area contributed by atoms with Crippen molar-refractivity contribution in [2.24, 2.45) is 0 Å². The van der Waals surface area contributed by atoms with Gasteiger partial charge in [0.25, 0.3) is 11.8 Å². The zero-order valence-corrected chi connectivity index (χ0v) is 15.4. The second kappa shape index (κ2) is 7.74. The summed E-state index contributed by atoms with van der Waals surface area (Å²) in [7, 11) is 0. The molecule has 0 aliphatic rings. The molecule has 0 spiro atoms. The van der Waals surface area contributed by atoms with Gasteiger partial charge in [-0.2, -0.15) is 4.98 Å². The smallest absolute Gasteiger partial charge is 0.258 e. The van der Waals surface area contributed by atoms with Crippen LogP contribution < -0.4 is 5.32 Å². The summed E-state index contributed by atoms with van der Waals surface area (Å²) in [5.41, 5.74) is 0.830. The van der Waals surface area contributed by atoms with Crippen molar-refractivity contribution in [3.63, 3.8) is 0 Å². The molecule has 0 saturated carbocycles. The lowest BCUT2D eigenvalue weighted by atomic mass is 10.2. The Hall–Kier alpha value is -3.69. The Kier molecular flexibility index (Phi) is 4.98. The Morgan fingerprint density at radius 1 is 1.21 bits per heavy atom. The van der Waals surface area contributed by atoms with E-state index in [2.05, 4.69) is 25.7 Å². The summed E-state index contributed by atoms with van der Waals surface area (Å²) in [6, 6.07) is 6.19. The van der Waals surface area contributed by atoms with E-state index in [4.69, 9.17) is 4.52 Å². The van der Waals surface area contributed by atoms with E-state index < -0.39 is 17.5 Å². The van der Waals surface area contributed by atoms with Crippen LogP contribution in [0.3, 0.4) is 0 Å². The Balaban J connectivity index is 1.51. The van der Waals surface area contributed by atoms with Gasteiger partial charge < -0.3 is 9.84 Å². The predicted molar refractivity (Wildman–Crippen MR) is 97.8 cm³/mol. The molecule has 0 bridgehead atoms. The molecule has 0 fully saturated rings. The molecule has 8 nitrogen and oxygen atoms in total. The number of aromatic nitrogens is 5. The lowest BCUT2D eigenvalue weighted by Crippen LogP contribution is -2.25. The number of fused-ring (bicyclic) bond motifs is 1. The Labute approximate surface area is 163 Å². The molecule has 10 heteroatoms. The largest absolute Gasteiger partial charge is 0.345 e. The minimum absolute atomic E-state index is 0.0174. The first kappa shape index (κ1) is 18.7. The number of aryl methyl sites for hydroxylation is 1.